The van der Waals surface area contributed by atoms with Gasteiger partial charge in [0.1, 0.15) is 5.69 Å². The topological polar surface area (TPSA) is 72.2 Å². The van der Waals surface area contributed by atoms with Gasteiger partial charge in [-0.1, -0.05) is 18.2 Å². The predicted molar refractivity (Wildman–Crippen MR) is 58.7 cm³/mol. The number of benzene rings is 1. The van der Waals surface area contributed by atoms with E-state index in [0.717, 1.165) is 0 Å². The van der Waals surface area contributed by atoms with E-state index >= 15 is 0 Å². The highest BCUT2D eigenvalue weighted by Gasteiger charge is 2.10. The van der Waals surface area contributed by atoms with E-state index in [1.54, 1.807) is 12.1 Å². The number of amides is 1. The van der Waals surface area contributed by atoms with Crippen LogP contribution in [0.2, 0.25) is 0 Å². The molecule has 1 aromatic carbocycles. The molecule has 0 fully saturated rings. The Morgan fingerprint density at radius 2 is 2.00 bits per heavy atom. The van der Waals surface area contributed by atoms with Crippen molar-refractivity contribution < 1.29 is 9.72 Å². The summed E-state index contributed by atoms with van der Waals surface area (Å²) in [5, 5.41) is 12.6. The summed E-state index contributed by atoms with van der Waals surface area (Å²) in [6.45, 7) is 5.25. The lowest BCUT2D eigenvalue weighted by Gasteiger charge is -1.98. The summed E-state index contributed by atoms with van der Waals surface area (Å²) < 4.78 is 0. The van der Waals surface area contributed by atoms with Gasteiger partial charge < -0.3 is 5.32 Å². The van der Waals surface area contributed by atoms with Crippen molar-refractivity contribution in [3.8, 4) is 0 Å². The number of anilines is 1. The second-order valence-electron chi connectivity index (χ2n) is 2.44. The first kappa shape index (κ1) is 12.8. The minimum Gasteiger partial charge on any atom is -0.323 e. The van der Waals surface area contributed by atoms with E-state index in [4.69, 9.17) is 0 Å². The highest BCUT2D eigenvalue weighted by atomic mass is 16.6. The van der Waals surface area contributed by atoms with Gasteiger partial charge in [-0.15, -0.1) is 6.58 Å². The fraction of sp³-hybridized carbons (Fsp3) is 0.100. The number of carbonyl (C=O) groups excluding carboxylic acids is 1. The molecule has 1 rings (SSSR count). The number of nitrogens with one attached hydrogen (secondary N) is 1. The average molecular weight is 208 g/mol. The molecule has 0 bridgehead atoms. The van der Waals surface area contributed by atoms with Gasteiger partial charge in [0.2, 0.25) is 6.41 Å². The Balaban J connectivity index is 0.000000583. The maximum Gasteiger partial charge on any atom is 0.292 e. The third-order valence-electron chi connectivity index (χ3n) is 1.32. The number of rotatable bonds is 3. The van der Waals surface area contributed by atoms with Crippen LogP contribution in [0.5, 0.6) is 0 Å². The molecule has 5 heteroatoms. The first-order valence-electron chi connectivity index (χ1n) is 4.18. The van der Waals surface area contributed by atoms with Crippen molar-refractivity contribution >= 4 is 17.8 Å². The van der Waals surface area contributed by atoms with Crippen LogP contribution in [0.3, 0.4) is 0 Å². The minimum atomic E-state index is -0.550. The molecule has 0 saturated heterocycles. The molecule has 1 amide bonds. The highest BCUT2D eigenvalue weighted by molar-refractivity contribution is 5.77. The van der Waals surface area contributed by atoms with Crippen molar-refractivity contribution in [2.24, 2.45) is 0 Å². The summed E-state index contributed by atoms with van der Waals surface area (Å²) in [6, 6.07) is 5.94. The van der Waals surface area contributed by atoms with Crippen molar-refractivity contribution in [1.29, 1.82) is 0 Å². The Kier molecular flexibility index (Phi) is 6.20. The first-order valence-corrected chi connectivity index (χ1v) is 4.18. The SMILES string of the molecule is C=CC.O=CNc1ccccc1[N+](=O)[O-]. The minimum absolute atomic E-state index is 0.107. The van der Waals surface area contributed by atoms with Crippen molar-refractivity contribution in [2.45, 2.75) is 6.92 Å². The molecule has 0 saturated carbocycles. The lowest BCUT2D eigenvalue weighted by Crippen LogP contribution is -1.98. The molecule has 0 heterocycles. The number of nitro groups is 1. The van der Waals surface area contributed by atoms with Crippen LogP contribution in [-0.2, 0) is 4.79 Å². The molecule has 1 aromatic rings. The summed E-state index contributed by atoms with van der Waals surface area (Å²) in [5.41, 5.74) is 0.0992. The number of carbonyl (C=O) groups is 1. The van der Waals surface area contributed by atoms with E-state index in [-0.39, 0.29) is 11.4 Å². The van der Waals surface area contributed by atoms with Crippen LogP contribution >= 0.6 is 0 Å². The van der Waals surface area contributed by atoms with Gasteiger partial charge in [-0.25, -0.2) is 0 Å². The zero-order valence-electron chi connectivity index (χ0n) is 8.34. The molecule has 0 spiro atoms. The lowest BCUT2D eigenvalue weighted by molar-refractivity contribution is -0.383. The van der Waals surface area contributed by atoms with Gasteiger partial charge in [0.05, 0.1) is 4.92 Å². The van der Waals surface area contributed by atoms with Crippen LogP contribution in [0.4, 0.5) is 11.4 Å². The summed E-state index contributed by atoms with van der Waals surface area (Å²) in [6.07, 6.45) is 2.16. The van der Waals surface area contributed by atoms with Gasteiger partial charge in [-0.05, 0) is 13.0 Å². The van der Waals surface area contributed by atoms with Crippen molar-refractivity contribution in [1.82, 2.24) is 0 Å². The fourth-order valence-corrected chi connectivity index (χ4v) is 0.818. The van der Waals surface area contributed by atoms with Gasteiger partial charge in [0, 0.05) is 6.07 Å². The number of allylic oxidation sites excluding steroid dienone is 1. The van der Waals surface area contributed by atoms with Crippen molar-refractivity contribution in [3.63, 3.8) is 0 Å². The van der Waals surface area contributed by atoms with Crippen LogP contribution in [-0.4, -0.2) is 11.3 Å². The van der Waals surface area contributed by atoms with Crippen LogP contribution in [0.1, 0.15) is 6.92 Å². The molecule has 80 valence electrons. The van der Waals surface area contributed by atoms with E-state index in [1.807, 2.05) is 6.92 Å². The maximum atomic E-state index is 10.3. The second-order valence-corrected chi connectivity index (χ2v) is 2.44. The molecule has 0 aliphatic carbocycles. The summed E-state index contributed by atoms with van der Waals surface area (Å²) in [5.74, 6) is 0. The number of nitro benzene ring substituents is 1. The van der Waals surface area contributed by atoms with Crippen LogP contribution in [0, 0.1) is 10.1 Å². The number of para-hydroxylation sites is 2. The highest BCUT2D eigenvalue weighted by Crippen LogP contribution is 2.21. The van der Waals surface area contributed by atoms with Gasteiger partial charge >= 0.3 is 0 Å². The van der Waals surface area contributed by atoms with E-state index < -0.39 is 4.92 Å². The summed E-state index contributed by atoms with van der Waals surface area (Å²) >= 11 is 0. The van der Waals surface area contributed by atoms with Gasteiger partial charge in [-0.3, -0.25) is 14.9 Å². The van der Waals surface area contributed by atoms with E-state index in [2.05, 4.69) is 11.9 Å². The lowest BCUT2D eigenvalue weighted by atomic mass is 10.3. The predicted octanol–water partition coefficient (Wildman–Crippen LogP) is 2.36. The molecule has 0 atom stereocenters. The standard InChI is InChI=1S/C7H6N2O3.C3H6/c10-5-8-6-3-1-2-4-7(6)9(11)12;1-3-2/h1-5H,(H,8,10);3H,1H2,2H3. The van der Waals surface area contributed by atoms with Gasteiger partial charge in [0.25, 0.3) is 5.69 Å². The number of hydrogen-bond donors (Lipinski definition) is 1. The van der Waals surface area contributed by atoms with Crippen LogP contribution in [0.25, 0.3) is 0 Å². The molecule has 0 aromatic heterocycles. The monoisotopic (exact) mass is 208 g/mol. The molecule has 1 N–H and O–H groups in total. The Hall–Kier alpha value is -2.17. The summed E-state index contributed by atoms with van der Waals surface area (Å²) in [4.78, 5) is 19.8. The third-order valence-corrected chi connectivity index (χ3v) is 1.32. The van der Waals surface area contributed by atoms with Crippen molar-refractivity contribution in [3.05, 3.63) is 47.0 Å². The zero-order chi connectivity index (χ0) is 11.7. The largest absolute Gasteiger partial charge is 0.323 e. The molecule has 0 unspecified atom stereocenters. The van der Waals surface area contributed by atoms with Gasteiger partial charge in [-0.2, -0.15) is 0 Å². The van der Waals surface area contributed by atoms with E-state index in [1.165, 1.54) is 18.2 Å². The Morgan fingerprint density at radius 1 is 1.47 bits per heavy atom. The first-order chi connectivity index (χ1) is 7.17. The van der Waals surface area contributed by atoms with Crippen molar-refractivity contribution in [2.75, 3.05) is 5.32 Å². The van der Waals surface area contributed by atoms with E-state index in [0.29, 0.717) is 6.41 Å². The molecule has 0 radical (unpaired) electrons. The smallest absolute Gasteiger partial charge is 0.292 e. The fourth-order valence-electron chi connectivity index (χ4n) is 0.818. The van der Waals surface area contributed by atoms with Crippen LogP contribution < -0.4 is 5.32 Å². The Labute approximate surface area is 87.6 Å². The second kappa shape index (κ2) is 7.25. The number of nitrogens with zero attached hydrogens (tertiary/aromatic N) is 1. The molecule has 0 aliphatic rings. The molecule has 5 nitrogen and oxygen atoms in total. The maximum absolute atomic E-state index is 10.3. The quantitative estimate of drug-likeness (QED) is 0.358. The summed E-state index contributed by atoms with van der Waals surface area (Å²) in [7, 11) is 0. The Bertz CT molecular complexity index is 350. The molecule has 15 heavy (non-hydrogen) atoms. The molecular formula is C10H12N2O3. The average Bonchev–Trinajstić information content (AvgIpc) is 2.20. The van der Waals surface area contributed by atoms with E-state index in [9.17, 15) is 14.9 Å². The normalized spacial score (nSPS) is 8.07. The Morgan fingerprint density at radius 3 is 2.47 bits per heavy atom. The number of hydrogen-bond acceptors (Lipinski definition) is 3. The third kappa shape index (κ3) is 4.56. The van der Waals surface area contributed by atoms with Gasteiger partial charge in [0.15, 0.2) is 0 Å². The molecular weight excluding hydrogens is 196 g/mol. The van der Waals surface area contributed by atoms with Crippen LogP contribution in [0.15, 0.2) is 36.9 Å². The zero-order valence-corrected chi connectivity index (χ0v) is 8.34. The molecule has 0 aliphatic heterocycles.